The van der Waals surface area contributed by atoms with Crippen LogP contribution in [0.3, 0.4) is 0 Å². The number of thioether (sulfide) groups is 1. The molecular formula is C13H22N4OS. The summed E-state index contributed by atoms with van der Waals surface area (Å²) in [7, 11) is 1.68. The maximum absolute atomic E-state index is 5.54. The van der Waals surface area contributed by atoms with Crippen LogP contribution < -0.4 is 15.0 Å². The van der Waals surface area contributed by atoms with Gasteiger partial charge in [-0.25, -0.2) is 9.97 Å². The van der Waals surface area contributed by atoms with Crippen LogP contribution in [0, 0.1) is 0 Å². The molecule has 0 saturated carbocycles. The van der Waals surface area contributed by atoms with E-state index in [-0.39, 0.29) is 0 Å². The van der Waals surface area contributed by atoms with Crippen molar-refractivity contribution in [3.8, 4) is 5.75 Å². The maximum Gasteiger partial charge on any atom is 0.204 e. The number of anilines is 2. The van der Waals surface area contributed by atoms with E-state index in [0.29, 0.717) is 6.04 Å². The van der Waals surface area contributed by atoms with Gasteiger partial charge in [0.05, 0.1) is 7.11 Å². The van der Waals surface area contributed by atoms with Crippen LogP contribution in [0.15, 0.2) is 6.33 Å². The van der Waals surface area contributed by atoms with Gasteiger partial charge in [-0.3, -0.25) is 0 Å². The Labute approximate surface area is 119 Å². The predicted molar refractivity (Wildman–Crippen MR) is 81.5 cm³/mol. The molecule has 1 aliphatic rings. The Morgan fingerprint density at radius 2 is 2.37 bits per heavy atom. The lowest BCUT2D eigenvalue weighted by molar-refractivity contribution is 0.411. The Kier molecular flexibility index (Phi) is 5.13. The summed E-state index contributed by atoms with van der Waals surface area (Å²) in [6, 6.07) is 0.474. The summed E-state index contributed by atoms with van der Waals surface area (Å²) in [6.45, 7) is 6.25. The van der Waals surface area contributed by atoms with Crippen LogP contribution in [-0.2, 0) is 0 Å². The molecule has 1 unspecified atom stereocenters. The van der Waals surface area contributed by atoms with E-state index in [1.807, 2.05) is 11.8 Å². The molecule has 0 aliphatic carbocycles. The zero-order valence-electron chi connectivity index (χ0n) is 11.8. The highest BCUT2D eigenvalue weighted by Crippen LogP contribution is 2.34. The Balaban J connectivity index is 2.28. The van der Waals surface area contributed by atoms with Gasteiger partial charge in [0.25, 0.3) is 0 Å². The van der Waals surface area contributed by atoms with Gasteiger partial charge in [-0.05, 0) is 13.3 Å². The van der Waals surface area contributed by atoms with E-state index in [0.717, 1.165) is 48.4 Å². The maximum atomic E-state index is 5.54. The molecule has 1 aliphatic heterocycles. The summed E-state index contributed by atoms with van der Waals surface area (Å²) in [4.78, 5) is 11.0. The van der Waals surface area contributed by atoms with E-state index >= 15 is 0 Å². The molecule has 1 aromatic rings. The second-order valence-corrected chi connectivity index (χ2v) is 5.77. The summed E-state index contributed by atoms with van der Waals surface area (Å²) in [5.41, 5.74) is 0. The lowest BCUT2D eigenvalue weighted by atomic mass is 10.3. The zero-order chi connectivity index (χ0) is 13.7. The van der Waals surface area contributed by atoms with Crippen LogP contribution in [0.25, 0.3) is 0 Å². The molecule has 5 nitrogen and oxygen atoms in total. The van der Waals surface area contributed by atoms with Crippen molar-refractivity contribution in [2.75, 3.05) is 41.9 Å². The third-order valence-electron chi connectivity index (χ3n) is 3.17. The standard InChI is InChI=1S/C13H22N4OS/c1-4-5-14-12-11(18-3)13(16-9-15-12)17-6-7-19-8-10(17)2/h9-10H,4-8H2,1-3H3,(H,14,15,16). The van der Waals surface area contributed by atoms with Crippen LogP contribution in [-0.4, -0.2) is 47.7 Å². The minimum absolute atomic E-state index is 0.474. The van der Waals surface area contributed by atoms with E-state index in [1.54, 1.807) is 13.4 Å². The molecule has 1 fully saturated rings. The van der Waals surface area contributed by atoms with E-state index in [9.17, 15) is 0 Å². The van der Waals surface area contributed by atoms with Crippen molar-refractivity contribution < 1.29 is 4.74 Å². The van der Waals surface area contributed by atoms with Gasteiger partial charge in [-0.1, -0.05) is 6.92 Å². The number of rotatable bonds is 5. The van der Waals surface area contributed by atoms with E-state index in [4.69, 9.17) is 4.74 Å². The number of aromatic nitrogens is 2. The van der Waals surface area contributed by atoms with Gasteiger partial charge in [0.15, 0.2) is 11.6 Å². The minimum atomic E-state index is 0.474. The normalized spacial score (nSPS) is 19.3. The number of nitrogens with one attached hydrogen (secondary N) is 1. The van der Waals surface area contributed by atoms with Crippen molar-refractivity contribution in [2.24, 2.45) is 0 Å². The number of ether oxygens (including phenoxy) is 1. The van der Waals surface area contributed by atoms with Crippen molar-refractivity contribution in [1.29, 1.82) is 0 Å². The largest absolute Gasteiger partial charge is 0.490 e. The topological polar surface area (TPSA) is 50.3 Å². The number of hydrogen-bond donors (Lipinski definition) is 1. The molecule has 0 amide bonds. The van der Waals surface area contributed by atoms with Crippen molar-refractivity contribution >= 4 is 23.4 Å². The second-order valence-electron chi connectivity index (χ2n) is 4.62. The van der Waals surface area contributed by atoms with Gasteiger partial charge >= 0.3 is 0 Å². The van der Waals surface area contributed by atoms with Gasteiger partial charge < -0.3 is 15.0 Å². The summed E-state index contributed by atoms with van der Waals surface area (Å²) in [5.74, 6) is 4.72. The lowest BCUT2D eigenvalue weighted by Gasteiger charge is -2.34. The van der Waals surface area contributed by atoms with Crippen molar-refractivity contribution in [3.05, 3.63) is 6.33 Å². The highest BCUT2D eigenvalue weighted by Gasteiger charge is 2.24. The number of nitrogens with zero attached hydrogens (tertiary/aromatic N) is 3. The number of hydrogen-bond acceptors (Lipinski definition) is 6. The third kappa shape index (κ3) is 3.23. The van der Waals surface area contributed by atoms with Crippen LogP contribution in [0.5, 0.6) is 5.75 Å². The zero-order valence-corrected chi connectivity index (χ0v) is 12.7. The first kappa shape index (κ1) is 14.2. The highest BCUT2D eigenvalue weighted by atomic mass is 32.2. The Morgan fingerprint density at radius 1 is 1.53 bits per heavy atom. The monoisotopic (exact) mass is 282 g/mol. The summed E-state index contributed by atoms with van der Waals surface area (Å²) >= 11 is 1.99. The first-order valence-electron chi connectivity index (χ1n) is 6.75. The van der Waals surface area contributed by atoms with Gasteiger partial charge in [0, 0.05) is 30.6 Å². The van der Waals surface area contributed by atoms with Crippen molar-refractivity contribution in [3.63, 3.8) is 0 Å². The van der Waals surface area contributed by atoms with Gasteiger partial charge in [0.2, 0.25) is 5.75 Å². The molecule has 0 bridgehead atoms. The Hall–Kier alpha value is -1.17. The van der Waals surface area contributed by atoms with Gasteiger partial charge in [-0.15, -0.1) is 0 Å². The van der Waals surface area contributed by atoms with E-state index in [1.165, 1.54) is 0 Å². The number of methoxy groups -OCH3 is 1. The molecule has 106 valence electrons. The van der Waals surface area contributed by atoms with E-state index < -0.39 is 0 Å². The molecule has 0 spiro atoms. The molecule has 1 atom stereocenters. The minimum Gasteiger partial charge on any atom is -0.490 e. The predicted octanol–water partition coefficient (Wildman–Crippen LogP) is 2.25. The molecule has 0 radical (unpaired) electrons. The van der Waals surface area contributed by atoms with E-state index in [2.05, 4.69) is 34.0 Å². The SMILES string of the molecule is CCCNc1ncnc(N2CCSCC2C)c1OC. The molecule has 1 N–H and O–H groups in total. The lowest BCUT2D eigenvalue weighted by Crippen LogP contribution is -2.41. The van der Waals surface area contributed by atoms with Crippen LogP contribution >= 0.6 is 11.8 Å². The molecule has 1 aromatic heterocycles. The van der Waals surface area contributed by atoms with Gasteiger partial charge in [0.1, 0.15) is 6.33 Å². The fourth-order valence-corrected chi connectivity index (χ4v) is 3.18. The van der Waals surface area contributed by atoms with Crippen LogP contribution in [0.2, 0.25) is 0 Å². The van der Waals surface area contributed by atoms with Crippen LogP contribution in [0.1, 0.15) is 20.3 Å². The summed E-state index contributed by atoms with van der Waals surface area (Å²) in [6.07, 6.45) is 2.67. The molecule has 1 saturated heterocycles. The summed E-state index contributed by atoms with van der Waals surface area (Å²) in [5, 5.41) is 3.30. The van der Waals surface area contributed by atoms with Crippen LogP contribution in [0.4, 0.5) is 11.6 Å². The Morgan fingerprint density at radius 3 is 3.05 bits per heavy atom. The average Bonchev–Trinajstić information content (AvgIpc) is 2.45. The first-order chi connectivity index (χ1) is 9.27. The molecule has 2 rings (SSSR count). The van der Waals surface area contributed by atoms with Crippen molar-refractivity contribution in [2.45, 2.75) is 26.3 Å². The Bertz CT molecular complexity index is 416. The third-order valence-corrected chi connectivity index (χ3v) is 4.36. The van der Waals surface area contributed by atoms with Crippen molar-refractivity contribution in [1.82, 2.24) is 9.97 Å². The fourth-order valence-electron chi connectivity index (χ4n) is 2.17. The average molecular weight is 282 g/mol. The molecule has 2 heterocycles. The summed E-state index contributed by atoms with van der Waals surface area (Å²) < 4.78 is 5.54. The first-order valence-corrected chi connectivity index (χ1v) is 7.90. The highest BCUT2D eigenvalue weighted by molar-refractivity contribution is 7.99. The molecule has 6 heteroatoms. The molecule has 0 aromatic carbocycles. The second kappa shape index (κ2) is 6.84. The fraction of sp³-hybridized carbons (Fsp3) is 0.692. The molecular weight excluding hydrogens is 260 g/mol. The molecule has 19 heavy (non-hydrogen) atoms. The van der Waals surface area contributed by atoms with Gasteiger partial charge in [-0.2, -0.15) is 11.8 Å². The quantitative estimate of drug-likeness (QED) is 0.894. The smallest absolute Gasteiger partial charge is 0.204 e.